The van der Waals surface area contributed by atoms with Crippen LogP contribution in [0.1, 0.15) is 0 Å². The Balaban J connectivity index is 1.19. The van der Waals surface area contributed by atoms with Gasteiger partial charge in [-0.05, 0) is 83.9 Å². The van der Waals surface area contributed by atoms with E-state index in [1.807, 2.05) is 12.1 Å². The smallest absolute Gasteiger partial charge is 0.135 e. The van der Waals surface area contributed by atoms with Gasteiger partial charge in [-0.15, -0.1) is 0 Å². The largest absolute Gasteiger partial charge is 0.456 e. The maximum absolute atomic E-state index is 6.04. The van der Waals surface area contributed by atoms with Crippen LogP contribution in [0.3, 0.4) is 0 Å². The van der Waals surface area contributed by atoms with E-state index in [1.165, 1.54) is 65.7 Å². The second kappa shape index (κ2) is 8.55. The van der Waals surface area contributed by atoms with E-state index in [0.717, 1.165) is 21.9 Å². The highest BCUT2D eigenvalue weighted by molar-refractivity contribution is 6.27. The van der Waals surface area contributed by atoms with E-state index in [9.17, 15) is 0 Å². The van der Waals surface area contributed by atoms with E-state index in [-0.39, 0.29) is 0 Å². The Kier molecular flexibility index (Phi) is 4.67. The quantitative estimate of drug-likeness (QED) is 0.211. The fraction of sp³-hybridized carbons (Fsp3) is 0. The van der Waals surface area contributed by atoms with Gasteiger partial charge in [0.2, 0.25) is 0 Å². The molecule has 0 unspecified atom stereocenters. The van der Waals surface area contributed by atoms with E-state index < -0.39 is 0 Å². The molecule has 1 aromatic heterocycles. The van der Waals surface area contributed by atoms with Gasteiger partial charge in [0.15, 0.2) is 0 Å². The highest BCUT2D eigenvalue weighted by Gasteiger charge is 2.15. The summed E-state index contributed by atoms with van der Waals surface area (Å²) >= 11 is 0. The van der Waals surface area contributed by atoms with Crippen molar-refractivity contribution in [1.29, 1.82) is 0 Å². The number of hydrogen-bond acceptors (Lipinski definition) is 1. The zero-order valence-electron chi connectivity index (χ0n) is 22.3. The van der Waals surface area contributed by atoms with Gasteiger partial charge in [0.1, 0.15) is 11.2 Å². The van der Waals surface area contributed by atoms with E-state index in [0.29, 0.717) is 0 Å². The number of fused-ring (bicyclic) bond motifs is 3. The lowest BCUT2D eigenvalue weighted by Gasteiger charge is -2.16. The average Bonchev–Trinajstić information content (AvgIpc) is 3.42. The number of rotatable bonds is 3. The molecule has 41 heavy (non-hydrogen) atoms. The van der Waals surface area contributed by atoms with Crippen LogP contribution in [0.4, 0.5) is 0 Å². The summed E-state index contributed by atoms with van der Waals surface area (Å²) in [6.45, 7) is 0. The third kappa shape index (κ3) is 3.36. The van der Waals surface area contributed by atoms with E-state index in [4.69, 9.17) is 4.42 Å². The Morgan fingerprint density at radius 1 is 0.317 bits per heavy atom. The summed E-state index contributed by atoms with van der Waals surface area (Å²) in [5.74, 6) is 0. The van der Waals surface area contributed by atoms with Crippen LogP contribution in [0.2, 0.25) is 0 Å². The first-order valence-electron chi connectivity index (χ1n) is 14.1. The highest BCUT2D eigenvalue weighted by atomic mass is 16.3. The molecule has 0 aliphatic rings. The normalized spacial score (nSPS) is 11.9. The van der Waals surface area contributed by atoms with Gasteiger partial charge >= 0.3 is 0 Å². The summed E-state index contributed by atoms with van der Waals surface area (Å²) in [5.41, 5.74) is 9.28. The number of hydrogen-bond donors (Lipinski definition) is 0. The fourth-order valence-corrected chi connectivity index (χ4v) is 6.67. The Morgan fingerprint density at radius 2 is 0.854 bits per heavy atom. The summed E-state index contributed by atoms with van der Waals surface area (Å²) in [6, 6.07) is 52.7. The number of para-hydroxylation sites is 1. The summed E-state index contributed by atoms with van der Waals surface area (Å²) in [6.07, 6.45) is 0. The van der Waals surface area contributed by atoms with Crippen LogP contribution in [0, 0.1) is 0 Å². The van der Waals surface area contributed by atoms with Gasteiger partial charge in [-0.2, -0.15) is 0 Å². The minimum absolute atomic E-state index is 0.927. The molecule has 190 valence electrons. The molecule has 0 fully saturated rings. The fourth-order valence-electron chi connectivity index (χ4n) is 6.67. The lowest BCUT2D eigenvalue weighted by Crippen LogP contribution is -1.89. The molecule has 0 amide bonds. The third-order valence-corrected chi connectivity index (χ3v) is 8.66. The first kappa shape index (κ1) is 22.4. The van der Waals surface area contributed by atoms with Crippen LogP contribution in [0.5, 0.6) is 0 Å². The molecule has 1 nitrogen and oxygen atoms in total. The zero-order valence-corrected chi connectivity index (χ0v) is 22.3. The molecule has 1 heterocycles. The van der Waals surface area contributed by atoms with Crippen molar-refractivity contribution in [3.8, 4) is 33.4 Å². The molecule has 0 spiro atoms. The van der Waals surface area contributed by atoms with Gasteiger partial charge in [0.05, 0.1) is 0 Å². The van der Waals surface area contributed by atoms with E-state index in [1.54, 1.807) is 0 Å². The maximum Gasteiger partial charge on any atom is 0.135 e. The first-order valence-corrected chi connectivity index (χ1v) is 14.1. The van der Waals surface area contributed by atoms with Crippen molar-refractivity contribution in [3.63, 3.8) is 0 Å². The van der Waals surface area contributed by atoms with Crippen molar-refractivity contribution < 1.29 is 4.42 Å². The second-order valence-electron chi connectivity index (χ2n) is 10.9. The SMILES string of the molecule is c1ccc(-c2ccc3ccc4c(-c5ccc(-c6ccc7oc8ccccc8c7c6)cc5)ccc5ccc2c3c54)cc1. The van der Waals surface area contributed by atoms with Crippen molar-refractivity contribution in [3.05, 3.63) is 146 Å². The van der Waals surface area contributed by atoms with Crippen LogP contribution in [0.25, 0.3) is 87.6 Å². The number of benzene rings is 8. The summed E-state index contributed by atoms with van der Waals surface area (Å²) in [5, 5.41) is 10.2. The minimum Gasteiger partial charge on any atom is -0.456 e. The van der Waals surface area contributed by atoms with Gasteiger partial charge in [0, 0.05) is 10.8 Å². The topological polar surface area (TPSA) is 13.1 Å². The molecule has 0 aliphatic carbocycles. The number of furan rings is 1. The lowest BCUT2D eigenvalue weighted by atomic mass is 9.87. The third-order valence-electron chi connectivity index (χ3n) is 8.66. The maximum atomic E-state index is 6.04. The minimum atomic E-state index is 0.927. The van der Waals surface area contributed by atoms with E-state index >= 15 is 0 Å². The van der Waals surface area contributed by atoms with Gasteiger partial charge in [-0.1, -0.05) is 127 Å². The predicted molar refractivity (Wildman–Crippen MR) is 174 cm³/mol. The molecule has 0 saturated heterocycles. The van der Waals surface area contributed by atoms with Crippen LogP contribution >= 0.6 is 0 Å². The lowest BCUT2D eigenvalue weighted by molar-refractivity contribution is 0.669. The summed E-state index contributed by atoms with van der Waals surface area (Å²) < 4.78 is 6.04. The first-order chi connectivity index (χ1) is 20.3. The van der Waals surface area contributed by atoms with Crippen LogP contribution in [0.15, 0.2) is 150 Å². The Morgan fingerprint density at radius 3 is 1.56 bits per heavy atom. The van der Waals surface area contributed by atoms with Gasteiger partial charge in [-0.3, -0.25) is 0 Å². The monoisotopic (exact) mass is 520 g/mol. The van der Waals surface area contributed by atoms with E-state index in [2.05, 4.69) is 133 Å². The summed E-state index contributed by atoms with van der Waals surface area (Å²) in [7, 11) is 0. The Hall–Kier alpha value is -5.40. The molecule has 0 bridgehead atoms. The highest BCUT2D eigenvalue weighted by Crippen LogP contribution is 2.42. The second-order valence-corrected chi connectivity index (χ2v) is 10.9. The molecular weight excluding hydrogens is 496 g/mol. The Labute approximate surface area is 237 Å². The standard InChI is InChI=1S/C40H24O/c1-2-6-26(7-3-1)31-19-14-28-17-22-35-32(20-15-29-16-21-34(31)39(28)40(29)35)27-12-10-25(11-13-27)30-18-23-38-36(24-30)33-8-4-5-9-37(33)41-38/h1-24H. The molecule has 8 aromatic carbocycles. The van der Waals surface area contributed by atoms with Gasteiger partial charge in [-0.25, -0.2) is 0 Å². The van der Waals surface area contributed by atoms with Crippen molar-refractivity contribution in [2.45, 2.75) is 0 Å². The van der Waals surface area contributed by atoms with Crippen molar-refractivity contribution in [2.75, 3.05) is 0 Å². The van der Waals surface area contributed by atoms with Crippen LogP contribution in [-0.4, -0.2) is 0 Å². The molecule has 9 aromatic rings. The predicted octanol–water partition coefficient (Wildman–Crippen LogP) is 11.5. The molecule has 0 N–H and O–H groups in total. The zero-order chi connectivity index (χ0) is 26.9. The van der Waals surface area contributed by atoms with Crippen LogP contribution in [-0.2, 0) is 0 Å². The molecule has 9 rings (SSSR count). The molecular formula is C40H24O. The van der Waals surface area contributed by atoms with Crippen molar-refractivity contribution in [1.82, 2.24) is 0 Å². The molecule has 0 aliphatic heterocycles. The molecule has 1 heteroatoms. The average molecular weight is 521 g/mol. The summed E-state index contributed by atoms with van der Waals surface area (Å²) in [4.78, 5) is 0. The van der Waals surface area contributed by atoms with Crippen LogP contribution < -0.4 is 0 Å². The van der Waals surface area contributed by atoms with Crippen molar-refractivity contribution >= 4 is 54.3 Å². The van der Waals surface area contributed by atoms with Gasteiger partial charge < -0.3 is 4.42 Å². The van der Waals surface area contributed by atoms with Gasteiger partial charge in [0.25, 0.3) is 0 Å². The molecule has 0 radical (unpaired) electrons. The molecule has 0 saturated carbocycles. The van der Waals surface area contributed by atoms with Crippen molar-refractivity contribution in [2.24, 2.45) is 0 Å². The Bertz CT molecular complexity index is 2390. The molecule has 0 atom stereocenters.